The molecule has 1 atom stereocenters. The van der Waals surface area contributed by atoms with Crippen LogP contribution in [0.25, 0.3) is 5.69 Å². The average Bonchev–Trinajstić information content (AvgIpc) is 3.02. The number of hydrogen-bond donors (Lipinski definition) is 1. The first-order chi connectivity index (χ1) is 8.34. The number of aromatic nitrogens is 2. The van der Waals surface area contributed by atoms with Gasteiger partial charge in [-0.25, -0.2) is 9.37 Å². The van der Waals surface area contributed by atoms with Gasteiger partial charge in [0, 0.05) is 18.9 Å². The molecule has 17 heavy (non-hydrogen) atoms. The summed E-state index contributed by atoms with van der Waals surface area (Å²) in [6.07, 6.45) is 6.09. The fourth-order valence-corrected chi connectivity index (χ4v) is 2.33. The summed E-state index contributed by atoms with van der Waals surface area (Å²) >= 11 is 0. The number of nitrogens with one attached hydrogen (secondary N) is 1. The second kappa shape index (κ2) is 4.30. The summed E-state index contributed by atoms with van der Waals surface area (Å²) in [6, 6.07) is 5.48. The van der Waals surface area contributed by atoms with Crippen molar-refractivity contribution in [2.45, 2.75) is 12.3 Å². The van der Waals surface area contributed by atoms with Crippen molar-refractivity contribution in [2.24, 2.45) is 0 Å². The summed E-state index contributed by atoms with van der Waals surface area (Å²) in [4.78, 5) is 3.93. The molecule has 0 radical (unpaired) electrons. The third-order valence-corrected chi connectivity index (χ3v) is 3.29. The highest BCUT2D eigenvalue weighted by Gasteiger charge is 2.17. The Hall–Kier alpha value is -1.68. The lowest BCUT2D eigenvalue weighted by Crippen LogP contribution is -2.08. The van der Waals surface area contributed by atoms with E-state index in [1.54, 1.807) is 29.4 Å². The van der Waals surface area contributed by atoms with E-state index in [1.165, 1.54) is 0 Å². The highest BCUT2D eigenvalue weighted by molar-refractivity contribution is 5.38. The van der Waals surface area contributed by atoms with E-state index >= 15 is 0 Å². The van der Waals surface area contributed by atoms with Crippen molar-refractivity contribution in [2.75, 3.05) is 13.1 Å². The van der Waals surface area contributed by atoms with Crippen molar-refractivity contribution in [1.82, 2.24) is 14.9 Å². The predicted octanol–water partition coefficient (Wildman–Crippen LogP) is 2.09. The number of imidazole rings is 1. The smallest absolute Gasteiger partial charge is 0.147 e. The van der Waals surface area contributed by atoms with E-state index in [0.717, 1.165) is 25.1 Å². The molecule has 1 unspecified atom stereocenters. The third kappa shape index (κ3) is 1.96. The van der Waals surface area contributed by atoms with Gasteiger partial charge in [-0.2, -0.15) is 0 Å². The molecule has 88 valence electrons. The van der Waals surface area contributed by atoms with E-state index in [1.807, 2.05) is 12.1 Å². The van der Waals surface area contributed by atoms with Gasteiger partial charge >= 0.3 is 0 Å². The van der Waals surface area contributed by atoms with E-state index in [9.17, 15) is 4.39 Å². The molecule has 1 aromatic carbocycles. The van der Waals surface area contributed by atoms with E-state index in [-0.39, 0.29) is 5.82 Å². The van der Waals surface area contributed by atoms with E-state index < -0.39 is 0 Å². The van der Waals surface area contributed by atoms with E-state index in [4.69, 9.17) is 0 Å². The standard InChI is InChI=1S/C13H14FN3/c14-12-7-10(11-3-4-15-8-11)1-2-13(12)17-6-5-16-9-17/h1-2,5-7,9,11,15H,3-4,8H2. The number of hydrogen-bond acceptors (Lipinski definition) is 2. The third-order valence-electron chi connectivity index (χ3n) is 3.29. The Bertz CT molecular complexity index is 501. The number of benzene rings is 1. The summed E-state index contributed by atoms with van der Waals surface area (Å²) in [6.45, 7) is 1.97. The molecule has 1 aliphatic heterocycles. The van der Waals surface area contributed by atoms with Crippen molar-refractivity contribution >= 4 is 0 Å². The van der Waals surface area contributed by atoms with Gasteiger partial charge in [-0.1, -0.05) is 6.07 Å². The predicted molar refractivity (Wildman–Crippen MR) is 63.7 cm³/mol. The molecule has 1 N–H and O–H groups in total. The SMILES string of the molecule is Fc1cc(C2CCNC2)ccc1-n1ccnc1. The first-order valence-electron chi connectivity index (χ1n) is 5.83. The fourth-order valence-electron chi connectivity index (χ4n) is 2.33. The largest absolute Gasteiger partial charge is 0.316 e. The zero-order valence-electron chi connectivity index (χ0n) is 9.44. The zero-order valence-corrected chi connectivity index (χ0v) is 9.44. The van der Waals surface area contributed by atoms with Gasteiger partial charge in [-0.05, 0) is 36.6 Å². The Morgan fingerprint density at radius 1 is 1.41 bits per heavy atom. The van der Waals surface area contributed by atoms with Gasteiger partial charge in [-0.15, -0.1) is 0 Å². The molecular formula is C13H14FN3. The minimum atomic E-state index is -0.188. The lowest BCUT2D eigenvalue weighted by Gasteiger charge is -2.11. The second-order valence-electron chi connectivity index (χ2n) is 4.37. The maximum absolute atomic E-state index is 14.0. The molecule has 2 aromatic rings. The van der Waals surface area contributed by atoms with Crippen LogP contribution in [0.5, 0.6) is 0 Å². The van der Waals surface area contributed by atoms with Crippen LogP contribution in [0.2, 0.25) is 0 Å². The van der Waals surface area contributed by atoms with Gasteiger partial charge in [0.1, 0.15) is 5.82 Å². The average molecular weight is 231 g/mol. The van der Waals surface area contributed by atoms with Crippen LogP contribution < -0.4 is 5.32 Å². The highest BCUT2D eigenvalue weighted by Crippen LogP contribution is 2.25. The van der Waals surface area contributed by atoms with Crippen LogP contribution >= 0.6 is 0 Å². The lowest BCUT2D eigenvalue weighted by atomic mass is 9.98. The molecule has 0 spiro atoms. The van der Waals surface area contributed by atoms with E-state index in [2.05, 4.69) is 10.3 Å². The summed E-state index contributed by atoms with van der Waals surface area (Å²) in [5, 5.41) is 3.29. The lowest BCUT2D eigenvalue weighted by molar-refractivity contribution is 0.611. The molecule has 2 heterocycles. The van der Waals surface area contributed by atoms with Crippen LogP contribution in [0, 0.1) is 5.82 Å². The second-order valence-corrected chi connectivity index (χ2v) is 4.37. The number of rotatable bonds is 2. The van der Waals surface area contributed by atoms with Crippen LogP contribution in [-0.2, 0) is 0 Å². The molecule has 3 nitrogen and oxygen atoms in total. The molecule has 1 fully saturated rings. The Morgan fingerprint density at radius 2 is 2.35 bits per heavy atom. The molecule has 0 saturated carbocycles. The van der Waals surface area contributed by atoms with Gasteiger partial charge in [0.25, 0.3) is 0 Å². The van der Waals surface area contributed by atoms with Crippen molar-refractivity contribution in [3.8, 4) is 5.69 Å². The van der Waals surface area contributed by atoms with Gasteiger partial charge in [0.15, 0.2) is 0 Å². The molecule has 3 rings (SSSR count). The van der Waals surface area contributed by atoms with E-state index in [0.29, 0.717) is 11.6 Å². The fraction of sp³-hybridized carbons (Fsp3) is 0.308. The quantitative estimate of drug-likeness (QED) is 0.857. The number of nitrogens with zero attached hydrogens (tertiary/aromatic N) is 2. The molecule has 0 bridgehead atoms. The molecule has 0 amide bonds. The summed E-state index contributed by atoms with van der Waals surface area (Å²) in [5.41, 5.74) is 1.63. The molecular weight excluding hydrogens is 217 g/mol. The Balaban J connectivity index is 1.94. The molecule has 0 aliphatic carbocycles. The van der Waals surface area contributed by atoms with Crippen molar-refractivity contribution in [3.63, 3.8) is 0 Å². The van der Waals surface area contributed by atoms with Crippen molar-refractivity contribution in [3.05, 3.63) is 48.3 Å². The van der Waals surface area contributed by atoms with Crippen LogP contribution in [0.1, 0.15) is 17.9 Å². The zero-order chi connectivity index (χ0) is 11.7. The normalized spacial score (nSPS) is 19.7. The Morgan fingerprint density at radius 3 is 3.00 bits per heavy atom. The Labute approximate surface area is 99.3 Å². The monoisotopic (exact) mass is 231 g/mol. The minimum absolute atomic E-state index is 0.188. The summed E-state index contributed by atoms with van der Waals surface area (Å²) < 4.78 is 15.7. The van der Waals surface area contributed by atoms with Gasteiger partial charge in [-0.3, -0.25) is 0 Å². The first kappa shape index (κ1) is 10.5. The van der Waals surface area contributed by atoms with Gasteiger partial charge < -0.3 is 9.88 Å². The molecule has 4 heteroatoms. The maximum atomic E-state index is 14.0. The maximum Gasteiger partial charge on any atom is 0.147 e. The number of halogens is 1. The topological polar surface area (TPSA) is 29.9 Å². The van der Waals surface area contributed by atoms with Crippen LogP contribution in [-0.4, -0.2) is 22.6 Å². The highest BCUT2D eigenvalue weighted by atomic mass is 19.1. The van der Waals surface area contributed by atoms with Gasteiger partial charge in [0.2, 0.25) is 0 Å². The van der Waals surface area contributed by atoms with Crippen LogP contribution in [0.15, 0.2) is 36.9 Å². The van der Waals surface area contributed by atoms with Gasteiger partial charge in [0.05, 0.1) is 12.0 Å². The van der Waals surface area contributed by atoms with Crippen molar-refractivity contribution < 1.29 is 4.39 Å². The van der Waals surface area contributed by atoms with Crippen LogP contribution in [0.3, 0.4) is 0 Å². The van der Waals surface area contributed by atoms with Crippen molar-refractivity contribution in [1.29, 1.82) is 0 Å². The summed E-state index contributed by atoms with van der Waals surface area (Å²) in [5.74, 6) is 0.258. The van der Waals surface area contributed by atoms with Crippen LogP contribution in [0.4, 0.5) is 4.39 Å². The molecule has 1 aliphatic rings. The summed E-state index contributed by atoms with van der Waals surface area (Å²) in [7, 11) is 0. The molecule has 1 saturated heterocycles. The molecule has 1 aromatic heterocycles. The Kier molecular flexibility index (Phi) is 2.65. The minimum Gasteiger partial charge on any atom is -0.316 e. The first-order valence-corrected chi connectivity index (χ1v) is 5.83.